The molecule has 0 bridgehead atoms. The number of hydrogen-bond donors (Lipinski definition) is 1. The molecule has 0 spiro atoms. The molecule has 0 radical (unpaired) electrons. The van der Waals surface area contributed by atoms with Crippen LogP contribution in [0.2, 0.25) is 0 Å². The van der Waals surface area contributed by atoms with Gasteiger partial charge in [0.1, 0.15) is 30.1 Å². The van der Waals surface area contributed by atoms with E-state index in [1.807, 2.05) is 4.90 Å². The van der Waals surface area contributed by atoms with Gasteiger partial charge in [-0.25, -0.2) is 13.8 Å². The Morgan fingerprint density at radius 3 is 2.69 bits per heavy atom. The molecular formula is C19H21F5N4O. The molecule has 2 N–H and O–H groups in total. The Hall–Kier alpha value is -2.04. The van der Waals surface area contributed by atoms with E-state index in [4.69, 9.17) is 10.5 Å². The van der Waals surface area contributed by atoms with Crippen LogP contribution < -0.4 is 5.73 Å². The highest BCUT2D eigenvalue weighted by Gasteiger charge is 2.39. The fraction of sp³-hybridized carbons (Fsp3) is 0.526. The maximum atomic E-state index is 14.1. The van der Waals surface area contributed by atoms with Crippen LogP contribution in [-0.2, 0) is 24.4 Å². The lowest BCUT2D eigenvalue weighted by molar-refractivity contribution is -0.141. The Morgan fingerprint density at radius 2 is 2.00 bits per heavy atom. The lowest BCUT2D eigenvalue weighted by Gasteiger charge is -2.38. The van der Waals surface area contributed by atoms with E-state index in [0.717, 1.165) is 18.2 Å². The maximum Gasteiger partial charge on any atom is 0.406 e. The zero-order valence-corrected chi connectivity index (χ0v) is 15.7. The Kier molecular flexibility index (Phi) is 5.12. The minimum absolute atomic E-state index is 0.0783. The van der Waals surface area contributed by atoms with Crippen LogP contribution in [0.3, 0.4) is 0 Å². The van der Waals surface area contributed by atoms with Gasteiger partial charge in [-0.2, -0.15) is 13.2 Å². The first kappa shape index (κ1) is 20.2. The number of aryl methyl sites for hydroxylation is 1. The van der Waals surface area contributed by atoms with Crippen LogP contribution in [0.15, 0.2) is 18.2 Å². The zero-order chi connectivity index (χ0) is 20.9. The van der Waals surface area contributed by atoms with Crippen molar-refractivity contribution in [2.24, 2.45) is 5.73 Å². The van der Waals surface area contributed by atoms with Crippen molar-refractivity contribution in [3.8, 4) is 0 Å². The molecule has 10 heteroatoms. The number of halogens is 5. The zero-order valence-electron chi connectivity index (χ0n) is 15.7. The van der Waals surface area contributed by atoms with E-state index in [0.29, 0.717) is 36.7 Å². The minimum Gasteiger partial charge on any atom is -0.370 e. The number of hydrogen-bond acceptors (Lipinski definition) is 4. The van der Waals surface area contributed by atoms with Gasteiger partial charge in [-0.15, -0.1) is 0 Å². The van der Waals surface area contributed by atoms with Crippen molar-refractivity contribution in [3.63, 3.8) is 0 Å². The molecule has 1 aromatic heterocycles. The summed E-state index contributed by atoms with van der Waals surface area (Å²) in [5.74, 6) is -0.817. The van der Waals surface area contributed by atoms with Gasteiger partial charge in [0.15, 0.2) is 0 Å². The molecule has 4 rings (SSSR count). The summed E-state index contributed by atoms with van der Waals surface area (Å²) in [5, 5.41) is 0. The van der Waals surface area contributed by atoms with E-state index in [1.54, 1.807) is 6.92 Å². The molecule has 2 aromatic rings. The number of benzene rings is 1. The van der Waals surface area contributed by atoms with E-state index in [-0.39, 0.29) is 18.2 Å². The fourth-order valence-electron chi connectivity index (χ4n) is 4.21. The Morgan fingerprint density at radius 1 is 1.24 bits per heavy atom. The fourth-order valence-corrected chi connectivity index (χ4v) is 4.21. The van der Waals surface area contributed by atoms with Crippen molar-refractivity contribution < 1.29 is 26.7 Å². The lowest BCUT2D eigenvalue weighted by Crippen LogP contribution is -2.48. The number of aromatic nitrogens is 2. The smallest absolute Gasteiger partial charge is 0.370 e. The molecular weight excluding hydrogens is 395 g/mol. The predicted molar refractivity (Wildman–Crippen MR) is 93.7 cm³/mol. The average Bonchev–Trinajstić information content (AvgIpc) is 3.15. The molecule has 0 amide bonds. The highest BCUT2D eigenvalue weighted by Crippen LogP contribution is 2.35. The van der Waals surface area contributed by atoms with Gasteiger partial charge in [0, 0.05) is 30.7 Å². The topological polar surface area (TPSA) is 56.3 Å². The second-order valence-corrected chi connectivity index (χ2v) is 7.63. The van der Waals surface area contributed by atoms with Crippen molar-refractivity contribution >= 4 is 0 Å². The molecule has 1 aromatic carbocycles. The average molecular weight is 416 g/mol. The molecule has 1 saturated heterocycles. The van der Waals surface area contributed by atoms with Crippen molar-refractivity contribution in [1.29, 1.82) is 0 Å². The molecule has 5 nitrogen and oxygen atoms in total. The molecule has 3 heterocycles. The number of nitrogens with zero attached hydrogens (tertiary/aromatic N) is 3. The van der Waals surface area contributed by atoms with Crippen LogP contribution in [0, 0.1) is 18.6 Å². The van der Waals surface area contributed by atoms with Gasteiger partial charge < -0.3 is 15.0 Å². The van der Waals surface area contributed by atoms with E-state index >= 15 is 0 Å². The first-order valence-electron chi connectivity index (χ1n) is 9.30. The lowest BCUT2D eigenvalue weighted by atomic mass is 9.93. The van der Waals surface area contributed by atoms with E-state index < -0.39 is 36.5 Å². The third-order valence-electron chi connectivity index (χ3n) is 5.57. The van der Waals surface area contributed by atoms with Crippen molar-refractivity contribution in [2.45, 2.75) is 57.3 Å². The number of fused-ring (bicyclic) bond motifs is 1. The third kappa shape index (κ3) is 4.01. The molecule has 0 unspecified atom stereocenters. The Balaban J connectivity index is 1.46. The summed E-state index contributed by atoms with van der Waals surface area (Å²) in [4.78, 5) is 6.26. The van der Waals surface area contributed by atoms with Crippen molar-refractivity contribution in [1.82, 2.24) is 14.5 Å². The minimum atomic E-state index is -4.33. The third-order valence-corrected chi connectivity index (χ3v) is 5.57. The summed E-state index contributed by atoms with van der Waals surface area (Å²) >= 11 is 0. The molecule has 29 heavy (non-hydrogen) atoms. The quantitative estimate of drug-likeness (QED) is 0.781. The predicted octanol–water partition coefficient (Wildman–Crippen LogP) is 3.21. The summed E-state index contributed by atoms with van der Waals surface area (Å²) in [6, 6.07) is 2.43. The van der Waals surface area contributed by atoms with E-state index in [1.165, 1.54) is 4.57 Å². The molecule has 3 atom stereocenters. The Bertz CT molecular complexity index is 913. The van der Waals surface area contributed by atoms with E-state index in [2.05, 4.69) is 4.98 Å². The van der Waals surface area contributed by atoms with Gasteiger partial charge in [0.25, 0.3) is 0 Å². The maximum absolute atomic E-state index is 14.1. The van der Waals surface area contributed by atoms with Gasteiger partial charge in [-0.05, 0) is 31.5 Å². The number of nitrogens with two attached hydrogens (primary N) is 1. The number of ether oxygens (including phenoxy) is 1. The van der Waals surface area contributed by atoms with Crippen LogP contribution in [0.5, 0.6) is 0 Å². The number of rotatable bonds is 3. The second-order valence-electron chi connectivity index (χ2n) is 7.63. The summed E-state index contributed by atoms with van der Waals surface area (Å²) in [6.07, 6.45) is -4.65. The first-order chi connectivity index (χ1) is 13.6. The number of imidazole rings is 1. The van der Waals surface area contributed by atoms with Gasteiger partial charge in [-0.1, -0.05) is 0 Å². The largest absolute Gasteiger partial charge is 0.406 e. The highest BCUT2D eigenvalue weighted by molar-refractivity contribution is 5.24. The Labute approximate surface area is 164 Å². The van der Waals surface area contributed by atoms with Crippen LogP contribution in [0.4, 0.5) is 22.0 Å². The normalized spacial score (nSPS) is 25.4. The standard InChI is InChI=1S/C19H21F5N4O/c1-10-26-16-6-27(7-17(16)28(10)9-19(22,23)24)12-5-15(25)18(29-8-12)13-4-11(20)2-3-14(13)21/h2-4,12,15,18H,5-9,25H2,1H3/t12-,15+,18-/m1/s1. The summed E-state index contributed by atoms with van der Waals surface area (Å²) in [7, 11) is 0. The van der Waals surface area contributed by atoms with Gasteiger partial charge in [-0.3, -0.25) is 4.90 Å². The molecule has 0 saturated carbocycles. The molecule has 1 fully saturated rings. The summed E-state index contributed by atoms with van der Waals surface area (Å²) < 4.78 is 73.2. The molecule has 0 aliphatic carbocycles. The summed E-state index contributed by atoms with van der Waals surface area (Å²) in [6.45, 7) is 1.42. The highest BCUT2D eigenvalue weighted by atomic mass is 19.4. The van der Waals surface area contributed by atoms with Crippen LogP contribution >= 0.6 is 0 Å². The monoisotopic (exact) mass is 416 g/mol. The van der Waals surface area contributed by atoms with E-state index in [9.17, 15) is 22.0 Å². The first-order valence-corrected chi connectivity index (χ1v) is 9.30. The number of alkyl halides is 3. The molecule has 2 aliphatic heterocycles. The van der Waals surface area contributed by atoms with Gasteiger partial charge in [0.2, 0.25) is 0 Å². The molecule has 2 aliphatic rings. The van der Waals surface area contributed by atoms with Crippen LogP contribution in [0.1, 0.15) is 35.3 Å². The van der Waals surface area contributed by atoms with Crippen molar-refractivity contribution in [2.75, 3.05) is 6.61 Å². The van der Waals surface area contributed by atoms with Crippen molar-refractivity contribution in [3.05, 3.63) is 52.6 Å². The second kappa shape index (κ2) is 7.33. The van der Waals surface area contributed by atoms with Crippen LogP contribution in [-0.4, -0.2) is 39.3 Å². The summed E-state index contributed by atoms with van der Waals surface area (Å²) in [5.41, 5.74) is 7.45. The van der Waals surface area contributed by atoms with Gasteiger partial charge >= 0.3 is 6.18 Å². The SMILES string of the molecule is Cc1nc2c(n1CC(F)(F)F)CN([C@H]1CO[C@H](c3cc(F)ccc3F)[C@@H](N)C1)C2. The molecule has 158 valence electrons. The van der Waals surface area contributed by atoms with Crippen LogP contribution in [0.25, 0.3) is 0 Å². The van der Waals surface area contributed by atoms with Gasteiger partial charge in [0.05, 0.1) is 18.0 Å².